The summed E-state index contributed by atoms with van der Waals surface area (Å²) in [5.74, 6) is 0.762. The molecule has 3 rings (SSSR count). The molecule has 0 bridgehead atoms. The molecule has 1 aliphatic rings. The van der Waals surface area contributed by atoms with Gasteiger partial charge in [-0.1, -0.05) is 30.3 Å². The molecule has 3 N–H and O–H groups in total. The van der Waals surface area contributed by atoms with Gasteiger partial charge in [0, 0.05) is 41.9 Å². The number of aliphatic imine (C=N–C) groups is 1. The summed E-state index contributed by atoms with van der Waals surface area (Å²) in [4.78, 5) is 17.5. The molecule has 0 saturated heterocycles. The molecule has 1 fully saturated rings. The molecule has 0 spiro atoms. The smallest absolute Gasteiger partial charge is 0.251 e. The zero-order chi connectivity index (χ0) is 19.8. The number of halogens is 1. The van der Waals surface area contributed by atoms with E-state index in [9.17, 15) is 4.79 Å². The first-order chi connectivity index (χ1) is 13.6. The third-order valence-electron chi connectivity index (χ3n) is 4.70. The molecule has 0 heterocycles. The molecule has 0 aliphatic heterocycles. The normalized spacial score (nSPS) is 14.5. The lowest BCUT2D eigenvalue weighted by Gasteiger charge is -2.18. The highest BCUT2D eigenvalue weighted by molar-refractivity contribution is 14.0. The van der Waals surface area contributed by atoms with Crippen molar-refractivity contribution in [2.24, 2.45) is 4.99 Å². The molecule has 2 aromatic carbocycles. The zero-order valence-electron chi connectivity index (χ0n) is 16.9. The molecule has 5 nitrogen and oxygen atoms in total. The summed E-state index contributed by atoms with van der Waals surface area (Å²) in [5, 5.41) is 9.62. The molecule has 7 heteroatoms. The van der Waals surface area contributed by atoms with Crippen molar-refractivity contribution in [2.45, 2.75) is 36.0 Å². The van der Waals surface area contributed by atoms with Gasteiger partial charge >= 0.3 is 0 Å². The molecule has 1 saturated carbocycles. The number of hydrogen-bond acceptors (Lipinski definition) is 3. The Kier molecular flexibility index (Phi) is 9.29. The fraction of sp³-hybridized carbons (Fsp3) is 0.364. The van der Waals surface area contributed by atoms with E-state index in [4.69, 9.17) is 0 Å². The Hall–Kier alpha value is -1.74. The van der Waals surface area contributed by atoms with Crippen molar-refractivity contribution in [3.05, 3.63) is 65.7 Å². The maximum atomic E-state index is 11.8. The number of benzene rings is 2. The number of carbonyl (C=O) groups is 1. The minimum Gasteiger partial charge on any atom is -0.355 e. The summed E-state index contributed by atoms with van der Waals surface area (Å²) >= 11 is 1.95. The summed E-state index contributed by atoms with van der Waals surface area (Å²) in [6, 6.07) is 18.2. The fourth-order valence-electron chi connectivity index (χ4n) is 2.88. The Morgan fingerprint density at radius 1 is 1.03 bits per heavy atom. The number of hydrogen-bond donors (Lipinski definition) is 3. The van der Waals surface area contributed by atoms with E-state index >= 15 is 0 Å². The van der Waals surface area contributed by atoms with Crippen LogP contribution in [0.15, 0.2) is 64.5 Å². The summed E-state index contributed by atoms with van der Waals surface area (Å²) in [5.41, 5.74) is 1.79. The van der Waals surface area contributed by atoms with Crippen LogP contribution in [-0.2, 0) is 6.54 Å². The second kappa shape index (κ2) is 11.4. The van der Waals surface area contributed by atoms with Gasteiger partial charge in [-0.25, -0.2) is 0 Å². The van der Waals surface area contributed by atoms with Crippen LogP contribution in [-0.4, -0.2) is 36.8 Å². The van der Waals surface area contributed by atoms with Gasteiger partial charge in [0.2, 0.25) is 0 Å². The lowest BCUT2D eigenvalue weighted by atomic mass is 10.1. The summed E-state index contributed by atoms with van der Waals surface area (Å²) in [6.07, 6.45) is 2.44. The first kappa shape index (κ1) is 23.5. The molecule has 0 aromatic heterocycles. The van der Waals surface area contributed by atoms with E-state index < -0.39 is 0 Å². The highest BCUT2D eigenvalue weighted by Gasteiger charge is 2.43. The van der Waals surface area contributed by atoms with Crippen molar-refractivity contribution in [1.82, 2.24) is 16.0 Å². The average Bonchev–Trinajstić information content (AvgIpc) is 3.49. The van der Waals surface area contributed by atoms with Gasteiger partial charge in [0.15, 0.2) is 5.96 Å². The fourth-order valence-corrected chi connectivity index (χ4v) is 4.12. The standard InChI is InChI=1S/C22H28N4OS.HI/c1-3-24-20(27)18-11-9-17(10-12-18)15-25-21(23-2)26-16-22(13-14-22)28-19-7-5-4-6-8-19;/h4-12H,3,13-16H2,1-2H3,(H,24,27)(H2,23,25,26);1H. The second-order valence-corrected chi connectivity index (χ2v) is 8.48. The van der Waals surface area contributed by atoms with E-state index in [0.717, 1.165) is 18.1 Å². The largest absolute Gasteiger partial charge is 0.355 e. The predicted octanol–water partition coefficient (Wildman–Crippen LogP) is 4.04. The summed E-state index contributed by atoms with van der Waals surface area (Å²) < 4.78 is 0.271. The highest BCUT2D eigenvalue weighted by atomic mass is 127. The minimum absolute atomic E-state index is 0. The van der Waals surface area contributed by atoms with Gasteiger partial charge < -0.3 is 16.0 Å². The monoisotopic (exact) mass is 524 g/mol. The van der Waals surface area contributed by atoms with Gasteiger partial charge in [-0.15, -0.1) is 35.7 Å². The van der Waals surface area contributed by atoms with E-state index in [-0.39, 0.29) is 34.6 Å². The number of nitrogens with one attached hydrogen (secondary N) is 3. The van der Waals surface area contributed by atoms with Crippen LogP contribution >= 0.6 is 35.7 Å². The van der Waals surface area contributed by atoms with E-state index in [1.165, 1.54) is 17.7 Å². The molecule has 156 valence electrons. The van der Waals surface area contributed by atoms with Crippen LogP contribution in [0, 0.1) is 0 Å². The van der Waals surface area contributed by atoms with Gasteiger partial charge in [0.05, 0.1) is 0 Å². The Morgan fingerprint density at radius 2 is 1.72 bits per heavy atom. The Balaban J connectivity index is 0.00000300. The molecule has 2 aromatic rings. The lowest BCUT2D eigenvalue weighted by molar-refractivity contribution is 0.0956. The van der Waals surface area contributed by atoms with Crippen LogP contribution in [0.25, 0.3) is 0 Å². The van der Waals surface area contributed by atoms with Crippen molar-refractivity contribution in [3.8, 4) is 0 Å². The van der Waals surface area contributed by atoms with E-state index in [2.05, 4.69) is 51.3 Å². The van der Waals surface area contributed by atoms with E-state index in [1.807, 2.05) is 43.0 Å². The zero-order valence-corrected chi connectivity index (χ0v) is 20.1. The third-order valence-corrected chi connectivity index (χ3v) is 6.19. The van der Waals surface area contributed by atoms with Gasteiger partial charge in [-0.3, -0.25) is 9.79 Å². The van der Waals surface area contributed by atoms with Crippen molar-refractivity contribution < 1.29 is 4.79 Å². The lowest BCUT2D eigenvalue weighted by Crippen LogP contribution is -2.40. The highest BCUT2D eigenvalue weighted by Crippen LogP contribution is 2.51. The topological polar surface area (TPSA) is 65.5 Å². The maximum absolute atomic E-state index is 11.8. The third kappa shape index (κ3) is 7.22. The van der Waals surface area contributed by atoms with Crippen LogP contribution in [0.5, 0.6) is 0 Å². The second-order valence-electron chi connectivity index (χ2n) is 6.93. The van der Waals surface area contributed by atoms with Gasteiger partial charge in [-0.2, -0.15) is 0 Å². The summed E-state index contributed by atoms with van der Waals surface area (Å²) in [6.45, 7) is 4.10. The summed E-state index contributed by atoms with van der Waals surface area (Å²) in [7, 11) is 1.79. The van der Waals surface area contributed by atoms with E-state index in [1.54, 1.807) is 7.05 Å². The van der Waals surface area contributed by atoms with Crippen molar-refractivity contribution in [3.63, 3.8) is 0 Å². The average molecular weight is 524 g/mol. The van der Waals surface area contributed by atoms with Crippen LogP contribution in [0.1, 0.15) is 35.7 Å². The quantitative estimate of drug-likeness (QED) is 0.277. The first-order valence-corrected chi connectivity index (χ1v) is 10.5. The van der Waals surface area contributed by atoms with Crippen LogP contribution < -0.4 is 16.0 Å². The number of thioether (sulfide) groups is 1. The Labute approximate surface area is 194 Å². The van der Waals surface area contributed by atoms with Gasteiger partial charge in [0.25, 0.3) is 5.91 Å². The predicted molar refractivity (Wildman–Crippen MR) is 132 cm³/mol. The molecular weight excluding hydrogens is 495 g/mol. The van der Waals surface area contributed by atoms with Crippen molar-refractivity contribution in [1.29, 1.82) is 0 Å². The maximum Gasteiger partial charge on any atom is 0.251 e. The first-order valence-electron chi connectivity index (χ1n) is 9.70. The molecule has 1 aliphatic carbocycles. The van der Waals surface area contributed by atoms with Crippen LogP contribution in [0.3, 0.4) is 0 Å². The SMILES string of the molecule is CCNC(=O)c1ccc(CNC(=NC)NCC2(Sc3ccccc3)CC2)cc1.I. The van der Waals surface area contributed by atoms with Gasteiger partial charge in [0.1, 0.15) is 0 Å². The van der Waals surface area contributed by atoms with Crippen molar-refractivity contribution in [2.75, 3.05) is 20.1 Å². The Morgan fingerprint density at radius 3 is 2.31 bits per heavy atom. The van der Waals surface area contributed by atoms with E-state index in [0.29, 0.717) is 18.7 Å². The Bertz CT molecular complexity index is 807. The van der Waals surface area contributed by atoms with Crippen LogP contribution in [0.2, 0.25) is 0 Å². The molecule has 1 amide bonds. The number of guanidine groups is 1. The minimum atomic E-state index is -0.0369. The number of nitrogens with zero attached hydrogens (tertiary/aromatic N) is 1. The van der Waals surface area contributed by atoms with Crippen molar-refractivity contribution >= 4 is 47.6 Å². The molecule has 0 radical (unpaired) electrons. The molecule has 0 unspecified atom stereocenters. The number of rotatable bonds is 8. The van der Waals surface area contributed by atoms with Crippen LogP contribution in [0.4, 0.5) is 0 Å². The molecule has 29 heavy (non-hydrogen) atoms. The number of amides is 1. The number of carbonyl (C=O) groups excluding carboxylic acids is 1. The molecular formula is C22H29IN4OS. The molecule has 0 atom stereocenters. The van der Waals surface area contributed by atoms with Gasteiger partial charge in [-0.05, 0) is 49.6 Å².